The molecule has 1 aliphatic rings. The molecule has 0 atom stereocenters. The SMILES string of the molecule is CC(C)(C)OC(=O)N1CC=C(CCBr)CC1. The molecule has 0 aliphatic carbocycles. The number of hydrogen-bond donors (Lipinski definition) is 0. The number of rotatable bonds is 2. The minimum atomic E-state index is -0.406. The summed E-state index contributed by atoms with van der Waals surface area (Å²) in [6, 6.07) is 0. The number of amides is 1. The van der Waals surface area contributed by atoms with Crippen molar-refractivity contribution in [3.05, 3.63) is 11.6 Å². The Labute approximate surface area is 106 Å². The molecule has 0 unspecified atom stereocenters. The third kappa shape index (κ3) is 4.56. The van der Waals surface area contributed by atoms with Crippen LogP contribution in [-0.2, 0) is 4.74 Å². The van der Waals surface area contributed by atoms with Gasteiger partial charge >= 0.3 is 6.09 Å². The molecule has 92 valence electrons. The minimum Gasteiger partial charge on any atom is -0.444 e. The summed E-state index contributed by atoms with van der Waals surface area (Å²) in [6.07, 6.45) is 3.96. The molecule has 0 saturated carbocycles. The Morgan fingerprint density at radius 1 is 1.56 bits per heavy atom. The normalized spacial score (nSPS) is 17.0. The molecule has 0 spiro atoms. The molecule has 0 aromatic carbocycles. The van der Waals surface area contributed by atoms with Crippen LogP contribution in [0.1, 0.15) is 33.6 Å². The highest BCUT2D eigenvalue weighted by Crippen LogP contribution is 2.17. The molecule has 1 heterocycles. The van der Waals surface area contributed by atoms with Gasteiger partial charge in [0.1, 0.15) is 5.60 Å². The maximum absolute atomic E-state index is 11.7. The molecule has 0 aromatic heterocycles. The fourth-order valence-electron chi connectivity index (χ4n) is 1.55. The van der Waals surface area contributed by atoms with Crippen LogP contribution in [0.5, 0.6) is 0 Å². The first-order chi connectivity index (χ1) is 7.42. The first-order valence-electron chi connectivity index (χ1n) is 5.64. The Balaban J connectivity index is 2.44. The topological polar surface area (TPSA) is 29.5 Å². The predicted molar refractivity (Wildman–Crippen MR) is 68.9 cm³/mol. The van der Waals surface area contributed by atoms with Gasteiger partial charge in [-0.15, -0.1) is 0 Å². The number of halogens is 1. The quantitative estimate of drug-likeness (QED) is 0.576. The molecular formula is C12H20BrNO2. The Kier molecular flexibility index (Phi) is 4.84. The smallest absolute Gasteiger partial charge is 0.410 e. The van der Waals surface area contributed by atoms with Crippen molar-refractivity contribution in [1.82, 2.24) is 4.90 Å². The van der Waals surface area contributed by atoms with E-state index < -0.39 is 5.60 Å². The van der Waals surface area contributed by atoms with Crippen molar-refractivity contribution in [2.45, 2.75) is 39.2 Å². The van der Waals surface area contributed by atoms with Crippen molar-refractivity contribution in [2.75, 3.05) is 18.4 Å². The van der Waals surface area contributed by atoms with E-state index in [4.69, 9.17) is 4.74 Å². The molecule has 1 rings (SSSR count). The van der Waals surface area contributed by atoms with Crippen molar-refractivity contribution < 1.29 is 9.53 Å². The van der Waals surface area contributed by atoms with Gasteiger partial charge in [0.2, 0.25) is 0 Å². The van der Waals surface area contributed by atoms with E-state index in [1.807, 2.05) is 20.8 Å². The highest BCUT2D eigenvalue weighted by Gasteiger charge is 2.23. The van der Waals surface area contributed by atoms with Crippen LogP contribution in [0.2, 0.25) is 0 Å². The Morgan fingerprint density at radius 3 is 2.69 bits per heavy atom. The molecule has 16 heavy (non-hydrogen) atoms. The number of alkyl halides is 1. The third-order valence-corrected chi connectivity index (χ3v) is 2.77. The van der Waals surface area contributed by atoms with Gasteiger partial charge in [-0.3, -0.25) is 0 Å². The first-order valence-corrected chi connectivity index (χ1v) is 6.76. The van der Waals surface area contributed by atoms with Crippen molar-refractivity contribution >= 4 is 22.0 Å². The first kappa shape index (κ1) is 13.6. The summed E-state index contributed by atoms with van der Waals surface area (Å²) in [5.41, 5.74) is 1.02. The summed E-state index contributed by atoms with van der Waals surface area (Å²) in [7, 11) is 0. The minimum absolute atomic E-state index is 0.207. The van der Waals surface area contributed by atoms with Crippen LogP contribution >= 0.6 is 15.9 Å². The second kappa shape index (κ2) is 5.71. The standard InChI is InChI=1S/C12H20BrNO2/c1-12(2,3)16-11(15)14-8-5-10(4-7-13)6-9-14/h5H,4,6-9H2,1-3H3. The summed E-state index contributed by atoms with van der Waals surface area (Å²) in [6.45, 7) is 7.12. The lowest BCUT2D eigenvalue weighted by molar-refractivity contribution is 0.0265. The van der Waals surface area contributed by atoms with Crippen LogP contribution in [0, 0.1) is 0 Å². The van der Waals surface area contributed by atoms with E-state index in [2.05, 4.69) is 22.0 Å². The maximum atomic E-state index is 11.7. The van der Waals surface area contributed by atoms with E-state index in [0.29, 0.717) is 6.54 Å². The lowest BCUT2D eigenvalue weighted by atomic mass is 10.1. The molecule has 0 bridgehead atoms. The van der Waals surface area contributed by atoms with E-state index in [1.165, 1.54) is 5.57 Å². The highest BCUT2D eigenvalue weighted by atomic mass is 79.9. The molecule has 3 nitrogen and oxygen atoms in total. The molecule has 0 saturated heterocycles. The Bertz CT molecular complexity index is 281. The van der Waals surface area contributed by atoms with Crippen LogP contribution in [-0.4, -0.2) is 35.0 Å². The van der Waals surface area contributed by atoms with Crippen LogP contribution in [0.25, 0.3) is 0 Å². The molecule has 4 heteroatoms. The fourth-order valence-corrected chi connectivity index (χ4v) is 2.06. The van der Waals surface area contributed by atoms with Gasteiger partial charge in [-0.25, -0.2) is 4.79 Å². The van der Waals surface area contributed by atoms with Gasteiger partial charge in [-0.05, 0) is 33.6 Å². The van der Waals surface area contributed by atoms with Crippen molar-refractivity contribution in [2.24, 2.45) is 0 Å². The van der Waals surface area contributed by atoms with Gasteiger partial charge in [0, 0.05) is 18.4 Å². The molecule has 0 aromatic rings. The predicted octanol–water partition coefficient (Wildman–Crippen LogP) is 3.34. The fraction of sp³-hybridized carbons (Fsp3) is 0.750. The summed E-state index contributed by atoms with van der Waals surface area (Å²) in [5, 5.41) is 0.991. The van der Waals surface area contributed by atoms with Gasteiger partial charge in [-0.2, -0.15) is 0 Å². The largest absolute Gasteiger partial charge is 0.444 e. The number of nitrogens with zero attached hydrogens (tertiary/aromatic N) is 1. The average Bonchev–Trinajstić information content (AvgIpc) is 2.16. The molecule has 1 amide bonds. The second-order valence-electron chi connectivity index (χ2n) is 4.98. The van der Waals surface area contributed by atoms with Crippen LogP contribution in [0.15, 0.2) is 11.6 Å². The van der Waals surface area contributed by atoms with Gasteiger partial charge in [0.05, 0.1) is 0 Å². The molecule has 0 fully saturated rings. The van der Waals surface area contributed by atoms with E-state index in [0.717, 1.165) is 24.7 Å². The number of ether oxygens (including phenoxy) is 1. The number of carbonyl (C=O) groups excluding carboxylic acids is 1. The lowest BCUT2D eigenvalue weighted by Gasteiger charge is -2.29. The van der Waals surface area contributed by atoms with Gasteiger partial charge < -0.3 is 9.64 Å². The van der Waals surface area contributed by atoms with Crippen LogP contribution < -0.4 is 0 Å². The van der Waals surface area contributed by atoms with E-state index >= 15 is 0 Å². The number of hydrogen-bond acceptors (Lipinski definition) is 2. The van der Waals surface area contributed by atoms with Gasteiger partial charge in [-0.1, -0.05) is 27.6 Å². The summed E-state index contributed by atoms with van der Waals surface area (Å²) in [5.74, 6) is 0. The average molecular weight is 290 g/mol. The van der Waals surface area contributed by atoms with E-state index in [9.17, 15) is 4.79 Å². The number of carbonyl (C=O) groups is 1. The Morgan fingerprint density at radius 2 is 2.25 bits per heavy atom. The zero-order chi connectivity index (χ0) is 12.2. The van der Waals surface area contributed by atoms with Crippen LogP contribution in [0.3, 0.4) is 0 Å². The summed E-state index contributed by atoms with van der Waals surface area (Å²) >= 11 is 3.42. The zero-order valence-electron chi connectivity index (χ0n) is 10.3. The molecular weight excluding hydrogens is 270 g/mol. The monoisotopic (exact) mass is 289 g/mol. The molecule has 1 aliphatic heterocycles. The van der Waals surface area contributed by atoms with Crippen LogP contribution in [0.4, 0.5) is 4.79 Å². The van der Waals surface area contributed by atoms with E-state index in [1.54, 1.807) is 4.90 Å². The lowest BCUT2D eigenvalue weighted by Crippen LogP contribution is -2.39. The molecule has 0 N–H and O–H groups in total. The van der Waals surface area contributed by atoms with Crippen molar-refractivity contribution in [1.29, 1.82) is 0 Å². The van der Waals surface area contributed by atoms with Gasteiger partial charge in [0.15, 0.2) is 0 Å². The zero-order valence-corrected chi connectivity index (χ0v) is 11.8. The Hall–Kier alpha value is -0.510. The highest BCUT2D eigenvalue weighted by molar-refractivity contribution is 9.09. The van der Waals surface area contributed by atoms with E-state index in [-0.39, 0.29) is 6.09 Å². The maximum Gasteiger partial charge on any atom is 0.410 e. The third-order valence-electron chi connectivity index (χ3n) is 2.37. The second-order valence-corrected chi connectivity index (χ2v) is 5.77. The van der Waals surface area contributed by atoms with Crippen molar-refractivity contribution in [3.63, 3.8) is 0 Å². The summed E-state index contributed by atoms with van der Waals surface area (Å²) in [4.78, 5) is 13.5. The summed E-state index contributed by atoms with van der Waals surface area (Å²) < 4.78 is 5.32. The van der Waals surface area contributed by atoms with Crippen molar-refractivity contribution in [3.8, 4) is 0 Å². The van der Waals surface area contributed by atoms with Gasteiger partial charge in [0.25, 0.3) is 0 Å². The molecule has 0 radical (unpaired) electrons.